The summed E-state index contributed by atoms with van der Waals surface area (Å²) in [6, 6.07) is 0. The van der Waals surface area contributed by atoms with Crippen LogP contribution in [0.25, 0.3) is 0 Å². The molecule has 0 aromatic heterocycles. The van der Waals surface area contributed by atoms with Gasteiger partial charge in [0, 0.05) is 18.8 Å². The lowest BCUT2D eigenvalue weighted by atomic mass is 10.2. The number of nitrogens with zero attached hydrogens (tertiary/aromatic N) is 1. The molecule has 72 valence electrons. The molecule has 1 nitrogen and oxygen atoms in total. The topological polar surface area (TPSA) is 3.24 Å². The van der Waals surface area contributed by atoms with Crippen molar-refractivity contribution >= 4 is 24.4 Å². The third-order valence-corrected chi connectivity index (χ3v) is 3.87. The maximum absolute atomic E-state index is 4.31. The van der Waals surface area contributed by atoms with E-state index in [9.17, 15) is 0 Å². The largest absolute Gasteiger partial charge is 0.302 e. The van der Waals surface area contributed by atoms with Gasteiger partial charge in [-0.2, -0.15) is 24.4 Å². The lowest BCUT2D eigenvalue weighted by Crippen LogP contribution is -2.31. The van der Waals surface area contributed by atoms with E-state index >= 15 is 0 Å². The van der Waals surface area contributed by atoms with Gasteiger partial charge in [-0.05, 0) is 30.4 Å². The van der Waals surface area contributed by atoms with Crippen molar-refractivity contribution in [1.82, 2.24) is 4.90 Å². The van der Waals surface area contributed by atoms with Gasteiger partial charge in [0.2, 0.25) is 0 Å². The molecule has 0 saturated carbocycles. The van der Waals surface area contributed by atoms with E-state index in [2.05, 4.69) is 36.2 Å². The van der Waals surface area contributed by atoms with E-state index < -0.39 is 0 Å². The Hall–Kier alpha value is 0.660. The Balaban J connectivity index is 2.20. The molecule has 0 aliphatic carbocycles. The molecule has 3 heteroatoms. The van der Waals surface area contributed by atoms with Crippen molar-refractivity contribution in [2.24, 2.45) is 5.92 Å². The minimum atomic E-state index is 0.747. The van der Waals surface area contributed by atoms with E-state index in [4.69, 9.17) is 0 Å². The summed E-state index contributed by atoms with van der Waals surface area (Å²) >= 11 is 6.40. The number of hydrogen-bond donors (Lipinski definition) is 1. The Kier molecular flexibility index (Phi) is 5.52. The van der Waals surface area contributed by atoms with Crippen molar-refractivity contribution in [1.29, 1.82) is 0 Å². The van der Waals surface area contributed by atoms with E-state index in [-0.39, 0.29) is 0 Å². The van der Waals surface area contributed by atoms with Crippen LogP contribution in [-0.2, 0) is 0 Å². The fraction of sp³-hybridized carbons (Fsp3) is 1.00. The minimum Gasteiger partial charge on any atom is -0.302 e. The molecule has 1 aliphatic heterocycles. The van der Waals surface area contributed by atoms with Crippen molar-refractivity contribution in [2.75, 3.05) is 36.9 Å². The highest BCUT2D eigenvalue weighted by Crippen LogP contribution is 2.11. The third kappa shape index (κ3) is 4.06. The average molecular weight is 205 g/mol. The average Bonchev–Trinajstić information content (AvgIpc) is 2.33. The first-order chi connectivity index (χ1) is 5.83. The summed E-state index contributed by atoms with van der Waals surface area (Å²) in [4.78, 5) is 2.58. The second kappa shape index (κ2) is 6.17. The van der Waals surface area contributed by atoms with Crippen molar-refractivity contribution in [3.63, 3.8) is 0 Å². The zero-order valence-electron chi connectivity index (χ0n) is 7.83. The fourth-order valence-corrected chi connectivity index (χ4v) is 2.52. The van der Waals surface area contributed by atoms with Crippen molar-refractivity contribution < 1.29 is 0 Å². The Morgan fingerprint density at radius 2 is 2.25 bits per heavy atom. The molecule has 0 amide bonds. The van der Waals surface area contributed by atoms with Crippen LogP contribution in [0.3, 0.4) is 0 Å². The van der Waals surface area contributed by atoms with Crippen molar-refractivity contribution in [3.05, 3.63) is 0 Å². The second-order valence-electron chi connectivity index (χ2n) is 3.55. The van der Waals surface area contributed by atoms with Gasteiger partial charge in [0.15, 0.2) is 0 Å². The van der Waals surface area contributed by atoms with Gasteiger partial charge in [-0.1, -0.05) is 6.92 Å². The van der Waals surface area contributed by atoms with Crippen LogP contribution in [0.15, 0.2) is 0 Å². The molecule has 12 heavy (non-hydrogen) atoms. The zero-order valence-corrected chi connectivity index (χ0v) is 9.54. The minimum absolute atomic E-state index is 0.747. The maximum Gasteiger partial charge on any atom is 0.00725 e. The Morgan fingerprint density at radius 1 is 1.42 bits per heavy atom. The molecule has 0 aromatic rings. The number of thiol groups is 1. The fourth-order valence-electron chi connectivity index (χ4n) is 1.48. The highest BCUT2D eigenvalue weighted by Gasteiger charge is 2.11. The van der Waals surface area contributed by atoms with E-state index in [1.54, 1.807) is 0 Å². The van der Waals surface area contributed by atoms with E-state index in [0.29, 0.717) is 0 Å². The standard InChI is InChI=1S/C9H19NS2/c1-9(8-11)7-10-3-2-5-12-6-4-10/h9,11H,2-8H2,1H3. The summed E-state index contributed by atoms with van der Waals surface area (Å²) in [7, 11) is 0. The highest BCUT2D eigenvalue weighted by atomic mass is 32.2. The summed E-state index contributed by atoms with van der Waals surface area (Å²) in [5.74, 6) is 4.44. The molecule has 1 fully saturated rings. The smallest absolute Gasteiger partial charge is 0.00725 e. The van der Waals surface area contributed by atoms with Gasteiger partial charge in [0.25, 0.3) is 0 Å². The van der Waals surface area contributed by atoms with Crippen molar-refractivity contribution in [2.45, 2.75) is 13.3 Å². The van der Waals surface area contributed by atoms with E-state index in [1.165, 1.54) is 37.6 Å². The first kappa shape index (κ1) is 10.7. The van der Waals surface area contributed by atoms with Crippen LogP contribution in [0.1, 0.15) is 13.3 Å². The molecule has 1 saturated heterocycles. The van der Waals surface area contributed by atoms with Crippen LogP contribution in [0.5, 0.6) is 0 Å². The molecule has 1 heterocycles. The molecule has 0 bridgehead atoms. The summed E-state index contributed by atoms with van der Waals surface area (Å²) in [6.07, 6.45) is 1.37. The second-order valence-corrected chi connectivity index (χ2v) is 5.14. The highest BCUT2D eigenvalue weighted by molar-refractivity contribution is 7.99. The first-order valence-corrected chi connectivity index (χ1v) is 6.52. The summed E-state index contributed by atoms with van der Waals surface area (Å²) in [5, 5.41) is 0. The molecular formula is C9H19NS2. The Labute approximate surface area is 85.7 Å². The van der Waals surface area contributed by atoms with Gasteiger partial charge in [-0.25, -0.2) is 0 Å². The molecule has 0 spiro atoms. The van der Waals surface area contributed by atoms with Crippen LogP contribution < -0.4 is 0 Å². The molecule has 0 radical (unpaired) electrons. The van der Waals surface area contributed by atoms with Gasteiger partial charge in [0.1, 0.15) is 0 Å². The quantitative estimate of drug-likeness (QED) is 0.702. The number of hydrogen-bond acceptors (Lipinski definition) is 3. The molecular weight excluding hydrogens is 186 g/mol. The van der Waals surface area contributed by atoms with Crippen LogP contribution in [-0.4, -0.2) is 41.8 Å². The van der Waals surface area contributed by atoms with Gasteiger partial charge < -0.3 is 4.90 Å². The Bertz CT molecular complexity index is 111. The SMILES string of the molecule is CC(CS)CN1CCCSCC1. The Morgan fingerprint density at radius 3 is 3.00 bits per heavy atom. The van der Waals surface area contributed by atoms with Gasteiger partial charge >= 0.3 is 0 Å². The maximum atomic E-state index is 4.31. The van der Waals surface area contributed by atoms with E-state index in [1.807, 2.05) is 0 Å². The number of thioether (sulfide) groups is 1. The van der Waals surface area contributed by atoms with Crippen LogP contribution in [0.2, 0.25) is 0 Å². The van der Waals surface area contributed by atoms with E-state index in [0.717, 1.165) is 11.7 Å². The van der Waals surface area contributed by atoms with Gasteiger partial charge in [-0.15, -0.1) is 0 Å². The van der Waals surface area contributed by atoms with Gasteiger partial charge in [-0.3, -0.25) is 0 Å². The van der Waals surface area contributed by atoms with Crippen LogP contribution in [0.4, 0.5) is 0 Å². The van der Waals surface area contributed by atoms with Gasteiger partial charge in [0.05, 0.1) is 0 Å². The summed E-state index contributed by atoms with van der Waals surface area (Å²) in [6.45, 7) is 6.10. The van der Waals surface area contributed by atoms with Crippen LogP contribution >= 0.6 is 24.4 Å². The first-order valence-electron chi connectivity index (χ1n) is 4.74. The summed E-state index contributed by atoms with van der Waals surface area (Å²) < 4.78 is 0. The third-order valence-electron chi connectivity index (χ3n) is 2.20. The molecule has 1 aliphatic rings. The predicted molar refractivity (Wildman–Crippen MR) is 61.4 cm³/mol. The molecule has 0 aromatic carbocycles. The van der Waals surface area contributed by atoms with Crippen LogP contribution in [0, 0.1) is 5.92 Å². The molecule has 1 unspecified atom stereocenters. The summed E-state index contributed by atoms with van der Waals surface area (Å²) in [5.41, 5.74) is 0. The normalized spacial score (nSPS) is 23.5. The van der Waals surface area contributed by atoms with Crippen molar-refractivity contribution in [3.8, 4) is 0 Å². The predicted octanol–water partition coefficient (Wildman–Crippen LogP) is 1.99. The zero-order chi connectivity index (χ0) is 8.81. The molecule has 1 atom stereocenters. The molecule has 1 rings (SSSR count). The lowest BCUT2D eigenvalue weighted by Gasteiger charge is -2.22. The molecule has 0 N–H and O–H groups in total. The lowest BCUT2D eigenvalue weighted by molar-refractivity contribution is 0.264. The number of rotatable bonds is 3. The monoisotopic (exact) mass is 205 g/mol.